The largest absolute Gasteiger partial charge is 0.444 e. The Labute approximate surface area is 137 Å². The van der Waals surface area contributed by atoms with E-state index in [0.29, 0.717) is 19.8 Å². The van der Waals surface area contributed by atoms with E-state index >= 15 is 0 Å². The summed E-state index contributed by atoms with van der Waals surface area (Å²) >= 11 is 4.86. The third-order valence-electron chi connectivity index (χ3n) is 3.07. The maximum Gasteiger partial charge on any atom is 0.410 e. The minimum absolute atomic E-state index is 0.296. The number of thiophene rings is 1. The van der Waals surface area contributed by atoms with Crippen molar-refractivity contribution in [1.29, 1.82) is 0 Å². The molecule has 1 saturated heterocycles. The number of halogens is 1. The first-order valence-corrected chi connectivity index (χ1v) is 8.45. The molecule has 1 aromatic heterocycles. The van der Waals surface area contributed by atoms with Gasteiger partial charge in [0.05, 0.1) is 19.3 Å². The summed E-state index contributed by atoms with van der Waals surface area (Å²) in [6.07, 6.45) is -1.21. The van der Waals surface area contributed by atoms with E-state index in [1.165, 1.54) is 11.3 Å². The maximum atomic E-state index is 12.3. The van der Waals surface area contributed by atoms with Crippen molar-refractivity contribution in [2.75, 3.05) is 19.8 Å². The van der Waals surface area contributed by atoms with Gasteiger partial charge in [0.25, 0.3) is 0 Å². The van der Waals surface area contributed by atoms with Crippen LogP contribution in [0.2, 0.25) is 0 Å². The van der Waals surface area contributed by atoms with Crippen molar-refractivity contribution >= 4 is 33.4 Å². The van der Waals surface area contributed by atoms with Crippen LogP contribution in [0, 0.1) is 0 Å². The number of carbonyl (C=O) groups is 1. The number of aliphatic hydroxyl groups excluding tert-OH is 1. The summed E-state index contributed by atoms with van der Waals surface area (Å²) in [6, 6.07) is 1.44. The smallest absolute Gasteiger partial charge is 0.410 e. The predicted molar refractivity (Wildman–Crippen MR) is 84.5 cm³/mol. The fourth-order valence-corrected chi connectivity index (χ4v) is 3.77. The quantitative estimate of drug-likeness (QED) is 0.859. The molecule has 0 spiro atoms. The van der Waals surface area contributed by atoms with Crippen LogP contribution >= 0.6 is 27.3 Å². The van der Waals surface area contributed by atoms with Gasteiger partial charge in [0.15, 0.2) is 0 Å². The molecule has 2 unspecified atom stereocenters. The van der Waals surface area contributed by atoms with E-state index in [9.17, 15) is 9.90 Å². The van der Waals surface area contributed by atoms with Crippen LogP contribution in [0.25, 0.3) is 0 Å². The van der Waals surface area contributed by atoms with Gasteiger partial charge in [-0.25, -0.2) is 4.79 Å². The SMILES string of the molecule is CC(C)(C)OC(=O)N1CCOCC1C(O)c1sccc1Br. The van der Waals surface area contributed by atoms with Crippen molar-refractivity contribution in [3.63, 3.8) is 0 Å². The zero-order valence-corrected chi connectivity index (χ0v) is 14.7. The van der Waals surface area contributed by atoms with E-state index in [1.54, 1.807) is 4.90 Å². The van der Waals surface area contributed by atoms with Crippen LogP contribution in [0.3, 0.4) is 0 Å². The molecule has 118 valence electrons. The number of nitrogens with zero attached hydrogens (tertiary/aromatic N) is 1. The molecule has 2 rings (SSSR count). The fourth-order valence-electron chi connectivity index (χ4n) is 2.12. The molecule has 0 saturated carbocycles. The standard InChI is InChI=1S/C14H20BrNO4S/c1-14(2,3)20-13(18)16-5-6-19-8-10(16)11(17)12-9(15)4-7-21-12/h4,7,10-11,17H,5-6,8H2,1-3H3. The second kappa shape index (κ2) is 6.64. The van der Waals surface area contributed by atoms with Crippen molar-refractivity contribution in [3.05, 3.63) is 20.8 Å². The summed E-state index contributed by atoms with van der Waals surface area (Å²) in [5.41, 5.74) is -0.561. The van der Waals surface area contributed by atoms with E-state index in [1.807, 2.05) is 32.2 Å². The van der Waals surface area contributed by atoms with Gasteiger partial charge in [0, 0.05) is 15.9 Å². The first-order valence-electron chi connectivity index (χ1n) is 6.78. The van der Waals surface area contributed by atoms with Gasteiger partial charge in [-0.2, -0.15) is 0 Å². The molecule has 1 aliphatic rings. The molecule has 0 bridgehead atoms. The summed E-state index contributed by atoms with van der Waals surface area (Å²) in [5.74, 6) is 0. The molecule has 1 N–H and O–H groups in total. The molecular formula is C14H20BrNO4S. The monoisotopic (exact) mass is 377 g/mol. The van der Waals surface area contributed by atoms with Gasteiger partial charge >= 0.3 is 6.09 Å². The third kappa shape index (κ3) is 4.18. The van der Waals surface area contributed by atoms with Crippen LogP contribution in [0.15, 0.2) is 15.9 Å². The minimum atomic E-state index is -0.799. The molecule has 0 aromatic carbocycles. The molecule has 0 aliphatic carbocycles. The molecule has 5 nitrogen and oxygen atoms in total. The summed E-state index contributed by atoms with van der Waals surface area (Å²) in [4.78, 5) is 14.7. The van der Waals surface area contributed by atoms with Gasteiger partial charge in [-0.1, -0.05) is 0 Å². The Balaban J connectivity index is 2.15. The molecule has 21 heavy (non-hydrogen) atoms. The van der Waals surface area contributed by atoms with Crippen molar-refractivity contribution in [1.82, 2.24) is 4.90 Å². The van der Waals surface area contributed by atoms with Gasteiger partial charge < -0.3 is 14.6 Å². The van der Waals surface area contributed by atoms with Crippen molar-refractivity contribution < 1.29 is 19.4 Å². The summed E-state index contributed by atoms with van der Waals surface area (Å²) < 4.78 is 11.7. The van der Waals surface area contributed by atoms with E-state index in [0.717, 1.165) is 9.35 Å². The Morgan fingerprint density at radius 3 is 2.90 bits per heavy atom. The zero-order chi connectivity index (χ0) is 15.6. The van der Waals surface area contributed by atoms with Gasteiger partial charge in [-0.3, -0.25) is 4.90 Å². The van der Waals surface area contributed by atoms with Gasteiger partial charge in [0.2, 0.25) is 0 Å². The second-order valence-electron chi connectivity index (χ2n) is 5.89. The normalized spacial score (nSPS) is 21.2. The molecule has 7 heteroatoms. The maximum absolute atomic E-state index is 12.3. The summed E-state index contributed by atoms with van der Waals surface area (Å²) in [5, 5.41) is 12.5. The number of aliphatic hydroxyl groups is 1. The topological polar surface area (TPSA) is 59.0 Å². The Bertz CT molecular complexity index is 499. The lowest BCUT2D eigenvalue weighted by molar-refractivity contribution is -0.0666. The van der Waals surface area contributed by atoms with Crippen molar-refractivity contribution in [2.45, 2.75) is 38.5 Å². The molecule has 1 fully saturated rings. The number of carbonyl (C=O) groups excluding carboxylic acids is 1. The molecule has 1 amide bonds. The van der Waals surface area contributed by atoms with Gasteiger partial charge in [-0.05, 0) is 48.1 Å². The highest BCUT2D eigenvalue weighted by atomic mass is 79.9. The first kappa shape index (κ1) is 16.7. The van der Waals surface area contributed by atoms with Crippen LogP contribution in [-0.2, 0) is 9.47 Å². The highest BCUT2D eigenvalue weighted by Gasteiger charge is 2.37. The first-order chi connectivity index (χ1) is 9.79. The lowest BCUT2D eigenvalue weighted by atomic mass is 10.1. The van der Waals surface area contributed by atoms with Crippen molar-refractivity contribution in [3.8, 4) is 0 Å². The van der Waals surface area contributed by atoms with Gasteiger partial charge in [-0.15, -0.1) is 11.3 Å². The summed E-state index contributed by atoms with van der Waals surface area (Å²) in [7, 11) is 0. The highest BCUT2D eigenvalue weighted by Crippen LogP contribution is 2.33. The number of morpholine rings is 1. The molecular weight excluding hydrogens is 358 g/mol. The number of amides is 1. The van der Waals surface area contributed by atoms with Crippen LogP contribution in [0.4, 0.5) is 4.79 Å². The average molecular weight is 378 g/mol. The lowest BCUT2D eigenvalue weighted by Crippen LogP contribution is -2.52. The molecule has 2 heterocycles. The minimum Gasteiger partial charge on any atom is -0.444 e. The van der Waals surface area contributed by atoms with E-state index in [2.05, 4.69) is 15.9 Å². The third-order valence-corrected chi connectivity index (χ3v) is 5.01. The molecule has 1 aromatic rings. The molecule has 1 aliphatic heterocycles. The van der Waals surface area contributed by atoms with Gasteiger partial charge in [0.1, 0.15) is 11.7 Å². The van der Waals surface area contributed by atoms with E-state index < -0.39 is 23.8 Å². The Morgan fingerprint density at radius 2 is 2.33 bits per heavy atom. The molecule has 0 radical (unpaired) electrons. The van der Waals surface area contributed by atoms with Crippen LogP contribution in [0.1, 0.15) is 31.8 Å². The average Bonchev–Trinajstić information content (AvgIpc) is 2.82. The molecule has 2 atom stereocenters. The number of hydrogen-bond donors (Lipinski definition) is 1. The van der Waals surface area contributed by atoms with E-state index in [-0.39, 0.29) is 0 Å². The number of hydrogen-bond acceptors (Lipinski definition) is 5. The number of rotatable bonds is 2. The predicted octanol–water partition coefficient (Wildman–Crippen LogP) is 3.18. The van der Waals surface area contributed by atoms with Crippen LogP contribution < -0.4 is 0 Å². The Hall–Kier alpha value is -0.630. The number of ether oxygens (including phenoxy) is 2. The Kier molecular flexibility index (Phi) is 5.29. The fraction of sp³-hybridized carbons (Fsp3) is 0.643. The van der Waals surface area contributed by atoms with Crippen LogP contribution in [-0.4, -0.2) is 47.5 Å². The summed E-state index contributed by atoms with van der Waals surface area (Å²) in [6.45, 7) is 6.64. The second-order valence-corrected chi connectivity index (χ2v) is 7.70. The highest BCUT2D eigenvalue weighted by molar-refractivity contribution is 9.10. The van der Waals surface area contributed by atoms with E-state index in [4.69, 9.17) is 9.47 Å². The zero-order valence-electron chi connectivity index (χ0n) is 12.3. The lowest BCUT2D eigenvalue weighted by Gasteiger charge is -2.38. The van der Waals surface area contributed by atoms with Crippen LogP contribution in [0.5, 0.6) is 0 Å². The Morgan fingerprint density at radius 1 is 1.62 bits per heavy atom. The van der Waals surface area contributed by atoms with Crippen molar-refractivity contribution in [2.24, 2.45) is 0 Å².